The van der Waals surface area contributed by atoms with Crippen molar-refractivity contribution in [1.82, 2.24) is 0 Å². The molecule has 0 aliphatic rings. The number of carbonyl (C=O) groups excluding carboxylic acids is 1. The Labute approximate surface area is 124 Å². The van der Waals surface area contributed by atoms with Crippen LogP contribution in [-0.2, 0) is 0 Å². The highest BCUT2D eigenvalue weighted by molar-refractivity contribution is 6.31. The Morgan fingerprint density at radius 3 is 2.67 bits per heavy atom. The summed E-state index contributed by atoms with van der Waals surface area (Å²) in [4.78, 5) is 12.1. The number of halogens is 3. The zero-order chi connectivity index (χ0) is 15.4. The lowest BCUT2D eigenvalue weighted by Crippen LogP contribution is -2.14. The summed E-state index contributed by atoms with van der Waals surface area (Å²) in [6, 6.07) is 10.1. The number of benzene rings is 2. The normalized spacial score (nSPS) is 10.5. The lowest BCUT2D eigenvalue weighted by molar-refractivity contribution is -0.0497. The third-order valence-electron chi connectivity index (χ3n) is 2.58. The molecule has 2 aromatic rings. The van der Waals surface area contributed by atoms with E-state index in [2.05, 4.69) is 10.1 Å². The van der Waals surface area contributed by atoms with Crippen molar-refractivity contribution in [3.8, 4) is 5.75 Å². The topological polar surface area (TPSA) is 64.4 Å². The molecule has 3 N–H and O–H groups in total. The fourth-order valence-electron chi connectivity index (χ4n) is 1.69. The summed E-state index contributed by atoms with van der Waals surface area (Å²) >= 11 is 5.75. The maximum atomic E-state index is 12.1. The van der Waals surface area contributed by atoms with Crippen LogP contribution in [0.25, 0.3) is 0 Å². The van der Waals surface area contributed by atoms with Crippen molar-refractivity contribution in [3.63, 3.8) is 0 Å². The zero-order valence-corrected chi connectivity index (χ0v) is 11.4. The van der Waals surface area contributed by atoms with Gasteiger partial charge < -0.3 is 15.8 Å². The number of carbonyl (C=O) groups is 1. The van der Waals surface area contributed by atoms with E-state index >= 15 is 0 Å². The number of amides is 1. The first-order valence-electron chi connectivity index (χ1n) is 5.87. The quantitative estimate of drug-likeness (QED) is 0.845. The van der Waals surface area contributed by atoms with Crippen LogP contribution in [0.1, 0.15) is 10.4 Å². The Morgan fingerprint density at radius 1 is 1.24 bits per heavy atom. The van der Waals surface area contributed by atoms with Gasteiger partial charge >= 0.3 is 6.61 Å². The van der Waals surface area contributed by atoms with Crippen LogP contribution in [0.5, 0.6) is 5.75 Å². The number of nitrogens with one attached hydrogen (secondary N) is 1. The fourth-order valence-corrected chi connectivity index (χ4v) is 1.87. The van der Waals surface area contributed by atoms with Gasteiger partial charge in [-0.2, -0.15) is 8.78 Å². The molecule has 0 fully saturated rings. The molecule has 21 heavy (non-hydrogen) atoms. The summed E-state index contributed by atoms with van der Waals surface area (Å²) in [5.74, 6) is -0.523. The maximum Gasteiger partial charge on any atom is 0.387 e. The van der Waals surface area contributed by atoms with E-state index < -0.39 is 12.5 Å². The molecule has 1 amide bonds. The van der Waals surface area contributed by atoms with Crippen LogP contribution < -0.4 is 15.8 Å². The van der Waals surface area contributed by atoms with Crippen molar-refractivity contribution in [2.24, 2.45) is 0 Å². The van der Waals surface area contributed by atoms with Crippen LogP contribution >= 0.6 is 11.6 Å². The summed E-state index contributed by atoms with van der Waals surface area (Å²) in [6.07, 6.45) is 0. The molecular weight excluding hydrogens is 302 g/mol. The SMILES string of the molecule is Nc1cc(Cl)ccc1C(=O)Nc1cccc(OC(F)F)c1. The predicted octanol–water partition coefficient (Wildman–Crippen LogP) is 3.78. The molecule has 0 bridgehead atoms. The highest BCUT2D eigenvalue weighted by Gasteiger charge is 2.11. The molecule has 0 atom stereocenters. The second-order valence-corrected chi connectivity index (χ2v) is 4.53. The number of alkyl halides is 2. The van der Waals surface area contributed by atoms with Crippen LogP contribution in [0.4, 0.5) is 20.2 Å². The maximum absolute atomic E-state index is 12.1. The molecule has 2 aromatic carbocycles. The average Bonchev–Trinajstić information content (AvgIpc) is 2.37. The van der Waals surface area contributed by atoms with Crippen LogP contribution in [0, 0.1) is 0 Å². The highest BCUT2D eigenvalue weighted by Crippen LogP contribution is 2.22. The van der Waals surface area contributed by atoms with Gasteiger partial charge in [-0.25, -0.2) is 0 Å². The second kappa shape index (κ2) is 6.41. The molecule has 0 aliphatic heterocycles. The number of nitrogens with two attached hydrogens (primary N) is 1. The van der Waals surface area contributed by atoms with Gasteiger partial charge in [0, 0.05) is 22.5 Å². The summed E-state index contributed by atoms with van der Waals surface area (Å²) in [5, 5.41) is 2.96. The van der Waals surface area contributed by atoms with Gasteiger partial charge in [-0.1, -0.05) is 17.7 Å². The number of hydrogen-bond acceptors (Lipinski definition) is 3. The molecule has 0 saturated carbocycles. The van der Waals surface area contributed by atoms with Gasteiger partial charge in [0.05, 0.1) is 5.56 Å². The molecule has 0 aliphatic carbocycles. The Balaban J connectivity index is 2.15. The van der Waals surface area contributed by atoms with Gasteiger partial charge in [-0.05, 0) is 30.3 Å². The number of anilines is 2. The van der Waals surface area contributed by atoms with Gasteiger partial charge in [0.2, 0.25) is 0 Å². The zero-order valence-electron chi connectivity index (χ0n) is 10.6. The van der Waals surface area contributed by atoms with Crippen molar-refractivity contribution in [2.45, 2.75) is 6.61 Å². The number of rotatable bonds is 4. The first-order valence-corrected chi connectivity index (χ1v) is 6.25. The van der Waals surface area contributed by atoms with Crippen LogP contribution in [0.15, 0.2) is 42.5 Å². The van der Waals surface area contributed by atoms with Crippen molar-refractivity contribution < 1.29 is 18.3 Å². The Hall–Kier alpha value is -2.34. The second-order valence-electron chi connectivity index (χ2n) is 4.09. The van der Waals surface area contributed by atoms with Gasteiger partial charge in [0.25, 0.3) is 5.91 Å². The molecule has 0 unspecified atom stereocenters. The average molecular weight is 313 g/mol. The van der Waals surface area contributed by atoms with E-state index in [0.29, 0.717) is 10.7 Å². The van der Waals surface area contributed by atoms with Gasteiger partial charge in [0.1, 0.15) is 5.75 Å². The Morgan fingerprint density at radius 2 is 2.00 bits per heavy atom. The monoisotopic (exact) mass is 312 g/mol. The summed E-state index contributed by atoms with van der Waals surface area (Å²) in [7, 11) is 0. The molecule has 110 valence electrons. The minimum absolute atomic E-state index is 0.0492. The van der Waals surface area contributed by atoms with Crippen molar-refractivity contribution in [3.05, 3.63) is 53.1 Å². The number of hydrogen-bond donors (Lipinski definition) is 2. The van der Waals surface area contributed by atoms with E-state index in [1.165, 1.54) is 36.4 Å². The highest BCUT2D eigenvalue weighted by atomic mass is 35.5. The van der Waals surface area contributed by atoms with E-state index in [1.807, 2.05) is 0 Å². The van der Waals surface area contributed by atoms with E-state index in [0.717, 1.165) is 0 Å². The smallest absolute Gasteiger partial charge is 0.387 e. The van der Waals surface area contributed by atoms with Crippen molar-refractivity contribution >= 4 is 28.9 Å². The molecule has 0 spiro atoms. The molecule has 0 heterocycles. The first kappa shape index (κ1) is 15.1. The number of ether oxygens (including phenoxy) is 1. The fraction of sp³-hybridized carbons (Fsp3) is 0.0714. The van der Waals surface area contributed by atoms with Gasteiger partial charge in [0.15, 0.2) is 0 Å². The van der Waals surface area contributed by atoms with E-state index in [-0.39, 0.29) is 17.0 Å². The summed E-state index contributed by atoms with van der Waals surface area (Å²) in [6.45, 7) is -2.93. The van der Waals surface area contributed by atoms with E-state index in [1.54, 1.807) is 6.07 Å². The lowest BCUT2D eigenvalue weighted by atomic mass is 10.1. The molecule has 0 saturated heterocycles. The minimum Gasteiger partial charge on any atom is -0.435 e. The van der Waals surface area contributed by atoms with Crippen molar-refractivity contribution in [2.75, 3.05) is 11.1 Å². The molecule has 0 radical (unpaired) electrons. The third kappa shape index (κ3) is 4.06. The Kier molecular flexibility index (Phi) is 4.59. The lowest BCUT2D eigenvalue weighted by Gasteiger charge is -2.09. The number of nitrogen functional groups attached to an aromatic ring is 1. The molecular formula is C14H11ClF2N2O2. The van der Waals surface area contributed by atoms with E-state index in [4.69, 9.17) is 17.3 Å². The molecule has 7 heteroatoms. The molecule has 2 rings (SSSR count). The first-order chi connectivity index (χ1) is 9.95. The van der Waals surface area contributed by atoms with Gasteiger partial charge in [-0.15, -0.1) is 0 Å². The largest absolute Gasteiger partial charge is 0.435 e. The minimum atomic E-state index is -2.93. The van der Waals surface area contributed by atoms with E-state index in [9.17, 15) is 13.6 Å². The third-order valence-corrected chi connectivity index (χ3v) is 2.81. The van der Waals surface area contributed by atoms with Crippen molar-refractivity contribution in [1.29, 1.82) is 0 Å². The van der Waals surface area contributed by atoms with Crippen LogP contribution in [0.2, 0.25) is 5.02 Å². The molecule has 4 nitrogen and oxygen atoms in total. The Bertz CT molecular complexity index is 665. The summed E-state index contributed by atoms with van der Waals surface area (Å²) in [5.41, 5.74) is 6.47. The van der Waals surface area contributed by atoms with Crippen LogP contribution in [0.3, 0.4) is 0 Å². The summed E-state index contributed by atoms with van der Waals surface area (Å²) < 4.78 is 28.5. The molecule has 0 aromatic heterocycles. The predicted molar refractivity (Wildman–Crippen MR) is 76.9 cm³/mol. The van der Waals surface area contributed by atoms with Crippen LogP contribution in [-0.4, -0.2) is 12.5 Å². The standard InChI is InChI=1S/C14H11ClF2N2O2/c15-8-4-5-11(12(18)6-8)13(20)19-9-2-1-3-10(7-9)21-14(16)17/h1-7,14H,18H2,(H,19,20). The van der Waals surface area contributed by atoms with Gasteiger partial charge in [-0.3, -0.25) is 4.79 Å².